The molecule has 0 aromatic heterocycles. The first-order valence-corrected chi connectivity index (χ1v) is 9.14. The smallest absolute Gasteiger partial charge is 0.229 e. The van der Waals surface area contributed by atoms with Crippen LogP contribution in [0.2, 0.25) is 0 Å². The van der Waals surface area contributed by atoms with Crippen LogP contribution in [0.3, 0.4) is 0 Å². The van der Waals surface area contributed by atoms with Crippen LogP contribution < -0.4 is 10.0 Å². The second kappa shape index (κ2) is 8.15. The molecule has 1 rings (SSSR count). The summed E-state index contributed by atoms with van der Waals surface area (Å²) in [5.74, 6) is 0. The molecule has 1 atom stereocenters. The molecule has 0 amide bonds. The molecule has 114 valence electrons. The van der Waals surface area contributed by atoms with Gasteiger partial charge in [0.25, 0.3) is 0 Å². The van der Waals surface area contributed by atoms with Crippen molar-refractivity contribution in [2.75, 3.05) is 16.3 Å². The van der Waals surface area contributed by atoms with E-state index >= 15 is 0 Å². The molecule has 0 fully saturated rings. The Morgan fingerprint density at radius 2 is 1.65 bits per heavy atom. The van der Waals surface area contributed by atoms with E-state index in [1.54, 1.807) is 12.1 Å². The van der Waals surface area contributed by atoms with Crippen molar-refractivity contribution in [3.63, 3.8) is 0 Å². The van der Waals surface area contributed by atoms with Crippen molar-refractivity contribution in [2.24, 2.45) is 0 Å². The Balaban J connectivity index is 2.41. The summed E-state index contributed by atoms with van der Waals surface area (Å²) in [7, 11) is -3.20. The van der Waals surface area contributed by atoms with Gasteiger partial charge >= 0.3 is 0 Å². The molecule has 0 saturated heterocycles. The molecule has 0 radical (unpaired) electrons. The average molecular weight is 298 g/mol. The fourth-order valence-corrected chi connectivity index (χ4v) is 2.65. The van der Waals surface area contributed by atoms with Crippen molar-refractivity contribution < 1.29 is 8.42 Å². The van der Waals surface area contributed by atoms with Crippen LogP contribution in [0.4, 0.5) is 11.4 Å². The highest BCUT2D eigenvalue weighted by atomic mass is 32.2. The second-order valence-electron chi connectivity index (χ2n) is 5.35. The molecule has 0 aliphatic rings. The Bertz CT molecular complexity index is 483. The van der Waals surface area contributed by atoms with Crippen molar-refractivity contribution in [3.8, 4) is 0 Å². The summed E-state index contributed by atoms with van der Waals surface area (Å²) >= 11 is 0. The van der Waals surface area contributed by atoms with Crippen LogP contribution in [0.1, 0.15) is 46.0 Å². The van der Waals surface area contributed by atoms with Crippen LogP contribution in [0.25, 0.3) is 0 Å². The van der Waals surface area contributed by atoms with Gasteiger partial charge in [-0.05, 0) is 37.6 Å². The molecule has 1 aromatic carbocycles. The molecule has 0 bridgehead atoms. The molecule has 4 nitrogen and oxygen atoms in total. The van der Waals surface area contributed by atoms with Crippen LogP contribution in [-0.4, -0.2) is 20.7 Å². The minimum atomic E-state index is -3.20. The van der Waals surface area contributed by atoms with Crippen LogP contribution in [0, 0.1) is 0 Å². The van der Waals surface area contributed by atoms with E-state index in [0.29, 0.717) is 11.7 Å². The molecule has 0 heterocycles. The molecule has 5 heteroatoms. The Hall–Kier alpha value is -1.23. The van der Waals surface area contributed by atoms with Crippen LogP contribution in [0.5, 0.6) is 0 Å². The lowest BCUT2D eigenvalue weighted by Crippen LogP contribution is -2.15. The predicted octanol–water partition coefficient (Wildman–Crippen LogP) is 3.83. The summed E-state index contributed by atoms with van der Waals surface area (Å²) < 4.78 is 24.7. The van der Waals surface area contributed by atoms with Gasteiger partial charge in [0.05, 0.1) is 6.26 Å². The summed E-state index contributed by atoms with van der Waals surface area (Å²) in [4.78, 5) is 0. The van der Waals surface area contributed by atoms with Gasteiger partial charge in [0.15, 0.2) is 0 Å². The summed E-state index contributed by atoms with van der Waals surface area (Å²) in [6.07, 6.45) is 7.41. The van der Waals surface area contributed by atoms with E-state index < -0.39 is 10.0 Å². The third-order valence-electron chi connectivity index (χ3n) is 3.09. The van der Waals surface area contributed by atoms with Crippen molar-refractivity contribution >= 4 is 21.4 Å². The second-order valence-corrected chi connectivity index (χ2v) is 7.09. The molecule has 0 aliphatic carbocycles. The maximum Gasteiger partial charge on any atom is 0.229 e. The van der Waals surface area contributed by atoms with E-state index in [0.717, 1.165) is 18.4 Å². The summed E-state index contributed by atoms with van der Waals surface area (Å²) in [5.41, 5.74) is 1.61. The topological polar surface area (TPSA) is 58.2 Å². The van der Waals surface area contributed by atoms with Crippen molar-refractivity contribution in [2.45, 2.75) is 52.0 Å². The van der Waals surface area contributed by atoms with Crippen molar-refractivity contribution in [1.29, 1.82) is 0 Å². The number of hydrogen-bond acceptors (Lipinski definition) is 3. The van der Waals surface area contributed by atoms with E-state index in [1.807, 2.05) is 12.1 Å². The van der Waals surface area contributed by atoms with E-state index in [-0.39, 0.29) is 0 Å². The normalized spacial score (nSPS) is 12.9. The fourth-order valence-electron chi connectivity index (χ4n) is 2.08. The first kappa shape index (κ1) is 16.8. The molecule has 0 saturated carbocycles. The average Bonchev–Trinajstić information content (AvgIpc) is 2.35. The van der Waals surface area contributed by atoms with E-state index in [2.05, 4.69) is 23.9 Å². The SMILES string of the molecule is CCCCCCC(C)Nc1ccc(NS(C)(=O)=O)cc1. The predicted molar refractivity (Wildman–Crippen MR) is 86.8 cm³/mol. The van der Waals surface area contributed by atoms with Crippen molar-refractivity contribution in [1.82, 2.24) is 0 Å². The molecule has 20 heavy (non-hydrogen) atoms. The van der Waals surface area contributed by atoms with E-state index in [9.17, 15) is 8.42 Å². The van der Waals surface area contributed by atoms with Crippen LogP contribution in [0.15, 0.2) is 24.3 Å². The zero-order chi connectivity index (χ0) is 15.0. The highest BCUT2D eigenvalue weighted by Gasteiger charge is 2.04. The maximum absolute atomic E-state index is 11.1. The quantitative estimate of drug-likeness (QED) is 0.681. The molecular weight excluding hydrogens is 272 g/mol. The lowest BCUT2D eigenvalue weighted by Gasteiger charge is -2.15. The van der Waals surface area contributed by atoms with Crippen molar-refractivity contribution in [3.05, 3.63) is 24.3 Å². The van der Waals surface area contributed by atoms with Gasteiger partial charge in [-0.1, -0.05) is 32.6 Å². The standard InChI is InChI=1S/C15H26N2O2S/c1-4-5-6-7-8-13(2)16-14-9-11-15(12-10-14)17-20(3,18)19/h9-13,16-17H,4-8H2,1-3H3. The Labute approximate surface area is 123 Å². The van der Waals surface area contributed by atoms with Gasteiger partial charge in [-0.2, -0.15) is 0 Å². The number of unbranched alkanes of at least 4 members (excludes halogenated alkanes) is 3. The minimum absolute atomic E-state index is 0.431. The number of anilines is 2. The molecule has 2 N–H and O–H groups in total. The maximum atomic E-state index is 11.1. The minimum Gasteiger partial charge on any atom is -0.383 e. The molecule has 1 unspecified atom stereocenters. The number of benzene rings is 1. The van der Waals surface area contributed by atoms with Gasteiger partial charge in [0, 0.05) is 17.4 Å². The zero-order valence-corrected chi connectivity index (χ0v) is 13.5. The molecular formula is C15H26N2O2S. The fraction of sp³-hybridized carbons (Fsp3) is 0.600. The molecule has 0 aliphatic heterocycles. The Morgan fingerprint density at radius 3 is 2.20 bits per heavy atom. The molecule has 0 spiro atoms. The Kier molecular flexibility index (Phi) is 6.85. The van der Waals surface area contributed by atoms with E-state index in [1.165, 1.54) is 25.7 Å². The highest BCUT2D eigenvalue weighted by molar-refractivity contribution is 7.92. The lowest BCUT2D eigenvalue weighted by atomic mass is 10.1. The van der Waals surface area contributed by atoms with Gasteiger partial charge in [-0.15, -0.1) is 0 Å². The lowest BCUT2D eigenvalue weighted by molar-refractivity contribution is 0.594. The van der Waals surface area contributed by atoms with Gasteiger partial charge in [-0.25, -0.2) is 8.42 Å². The Morgan fingerprint density at radius 1 is 1.05 bits per heavy atom. The molecule has 1 aromatic rings. The first-order chi connectivity index (χ1) is 9.40. The van der Waals surface area contributed by atoms with Gasteiger partial charge in [-0.3, -0.25) is 4.72 Å². The third kappa shape index (κ3) is 7.38. The first-order valence-electron chi connectivity index (χ1n) is 7.25. The van der Waals surface area contributed by atoms with E-state index in [4.69, 9.17) is 0 Å². The monoisotopic (exact) mass is 298 g/mol. The van der Waals surface area contributed by atoms with Crippen LogP contribution in [-0.2, 0) is 10.0 Å². The van der Waals surface area contributed by atoms with Crippen LogP contribution >= 0.6 is 0 Å². The zero-order valence-electron chi connectivity index (χ0n) is 12.6. The van der Waals surface area contributed by atoms with Gasteiger partial charge in [0.1, 0.15) is 0 Å². The number of rotatable bonds is 9. The highest BCUT2D eigenvalue weighted by Crippen LogP contribution is 2.16. The van der Waals surface area contributed by atoms with Gasteiger partial charge in [0.2, 0.25) is 10.0 Å². The summed E-state index contributed by atoms with van der Waals surface area (Å²) in [6, 6.07) is 7.77. The number of sulfonamides is 1. The summed E-state index contributed by atoms with van der Waals surface area (Å²) in [6.45, 7) is 4.39. The number of nitrogens with one attached hydrogen (secondary N) is 2. The summed E-state index contributed by atoms with van der Waals surface area (Å²) in [5, 5.41) is 3.43. The largest absolute Gasteiger partial charge is 0.383 e. The third-order valence-corrected chi connectivity index (χ3v) is 3.70. The number of hydrogen-bond donors (Lipinski definition) is 2. The van der Waals surface area contributed by atoms with Gasteiger partial charge < -0.3 is 5.32 Å².